The highest BCUT2D eigenvalue weighted by Crippen LogP contribution is 2.42. The fraction of sp³-hybridized carbons (Fsp3) is 0.200. The molecule has 2 amide bonds. The number of aliphatic hydroxyl groups excluding tert-OH is 1. The van der Waals surface area contributed by atoms with Crippen molar-refractivity contribution < 1.29 is 41.4 Å². The fourth-order valence-corrected chi connectivity index (χ4v) is 4.24. The number of nitrogens with two attached hydrogens (primary N) is 1. The first kappa shape index (κ1) is 21.8. The number of benzene rings is 1. The van der Waals surface area contributed by atoms with E-state index >= 15 is 0 Å². The zero-order valence-electron chi connectivity index (χ0n) is 13.9. The number of rotatable bonds is 6. The van der Waals surface area contributed by atoms with Crippen LogP contribution in [0.2, 0.25) is 0 Å². The first-order valence-corrected chi connectivity index (χ1v) is 9.20. The highest BCUT2D eigenvalue weighted by molar-refractivity contribution is 7.79. The standard InChI is InChI=1S/C15H13F3N2O6S2/c1-6(21)13(23)20-14-9(12(19)22)11(28(24)25)10(27-14)7-2-4-8(5-3-7)26-15(16,17)18/h2-6,21H,1H3,(H2,19,22)(H,20,23)(H,24,25)/p-1/t6-/m0/s1. The molecule has 0 spiro atoms. The predicted molar refractivity (Wildman–Crippen MR) is 92.5 cm³/mol. The number of ether oxygens (including phenoxy) is 1. The third-order valence-electron chi connectivity index (χ3n) is 3.24. The maximum atomic E-state index is 12.3. The van der Waals surface area contributed by atoms with E-state index in [2.05, 4.69) is 10.1 Å². The van der Waals surface area contributed by atoms with Crippen LogP contribution in [0.15, 0.2) is 29.2 Å². The maximum Gasteiger partial charge on any atom is 0.573 e. The van der Waals surface area contributed by atoms with Crippen molar-refractivity contribution in [2.75, 3.05) is 5.32 Å². The lowest BCUT2D eigenvalue weighted by atomic mass is 10.1. The molecule has 4 N–H and O–H groups in total. The molecule has 0 aliphatic heterocycles. The molecule has 28 heavy (non-hydrogen) atoms. The van der Waals surface area contributed by atoms with Crippen LogP contribution < -0.4 is 15.8 Å². The van der Waals surface area contributed by atoms with Crippen molar-refractivity contribution >= 4 is 39.2 Å². The maximum absolute atomic E-state index is 12.3. The Labute approximate surface area is 162 Å². The zero-order chi connectivity index (χ0) is 21.2. The van der Waals surface area contributed by atoms with Gasteiger partial charge in [0.1, 0.15) is 16.9 Å². The molecule has 13 heteroatoms. The number of hydrogen-bond acceptors (Lipinski definition) is 7. The normalized spacial score (nSPS) is 13.6. The molecule has 1 aromatic carbocycles. The summed E-state index contributed by atoms with van der Waals surface area (Å²) in [5.41, 5.74) is 4.86. The molecule has 0 saturated carbocycles. The van der Waals surface area contributed by atoms with Gasteiger partial charge in [0, 0.05) is 0 Å². The van der Waals surface area contributed by atoms with Crippen LogP contribution in [0, 0.1) is 0 Å². The molecule has 152 valence electrons. The second-order valence-corrected chi connectivity index (χ2v) is 7.20. The number of carbonyl (C=O) groups is 2. The number of primary amides is 1. The Morgan fingerprint density at radius 3 is 2.32 bits per heavy atom. The van der Waals surface area contributed by atoms with Gasteiger partial charge in [0.25, 0.3) is 11.8 Å². The summed E-state index contributed by atoms with van der Waals surface area (Å²) in [6, 6.07) is 4.21. The molecule has 0 aliphatic rings. The van der Waals surface area contributed by atoms with Gasteiger partial charge in [-0.1, -0.05) is 0 Å². The van der Waals surface area contributed by atoms with Crippen molar-refractivity contribution in [1.29, 1.82) is 0 Å². The van der Waals surface area contributed by atoms with E-state index in [-0.39, 0.29) is 15.4 Å². The smallest absolute Gasteiger partial charge is 0.573 e. The monoisotopic (exact) mass is 437 g/mol. The van der Waals surface area contributed by atoms with Gasteiger partial charge in [-0.2, -0.15) is 0 Å². The predicted octanol–water partition coefficient (Wildman–Crippen LogP) is 1.97. The number of amides is 2. The quantitative estimate of drug-likeness (QED) is 0.590. The molecular formula is C15H12F3N2O6S2-. The third kappa shape index (κ3) is 5.07. The Bertz CT molecular complexity index is 925. The van der Waals surface area contributed by atoms with Crippen LogP contribution in [-0.2, 0) is 15.9 Å². The number of alkyl halides is 3. The summed E-state index contributed by atoms with van der Waals surface area (Å²) in [4.78, 5) is 22.9. The molecule has 0 aliphatic carbocycles. The van der Waals surface area contributed by atoms with E-state index in [9.17, 15) is 36.6 Å². The van der Waals surface area contributed by atoms with Crippen LogP contribution in [0.3, 0.4) is 0 Å². The van der Waals surface area contributed by atoms with Gasteiger partial charge in [0.05, 0.1) is 15.3 Å². The zero-order valence-corrected chi connectivity index (χ0v) is 15.5. The van der Waals surface area contributed by atoms with Gasteiger partial charge in [0.2, 0.25) is 0 Å². The van der Waals surface area contributed by atoms with E-state index in [0.29, 0.717) is 11.3 Å². The molecule has 1 heterocycles. The molecule has 0 fully saturated rings. The Hall–Kier alpha value is -2.48. The largest absolute Gasteiger partial charge is 0.768 e. The fourth-order valence-electron chi connectivity index (χ4n) is 2.10. The highest BCUT2D eigenvalue weighted by Gasteiger charge is 2.31. The first-order chi connectivity index (χ1) is 12.9. The van der Waals surface area contributed by atoms with Crippen molar-refractivity contribution in [3.8, 4) is 16.2 Å². The first-order valence-electron chi connectivity index (χ1n) is 7.31. The molecular weight excluding hydrogens is 425 g/mol. The summed E-state index contributed by atoms with van der Waals surface area (Å²) in [7, 11) is 0. The average Bonchev–Trinajstić information content (AvgIpc) is 2.93. The van der Waals surface area contributed by atoms with Gasteiger partial charge in [-0.15, -0.1) is 24.5 Å². The number of anilines is 1. The van der Waals surface area contributed by atoms with Gasteiger partial charge >= 0.3 is 6.36 Å². The number of nitrogens with one attached hydrogen (secondary N) is 1. The number of halogens is 3. The van der Waals surface area contributed by atoms with E-state index in [1.54, 1.807) is 0 Å². The molecule has 0 bridgehead atoms. The second kappa shape index (κ2) is 8.26. The minimum Gasteiger partial charge on any atom is -0.768 e. The number of carbonyl (C=O) groups excluding carboxylic acids is 2. The Morgan fingerprint density at radius 1 is 1.32 bits per heavy atom. The Balaban J connectivity index is 2.55. The van der Waals surface area contributed by atoms with Gasteiger partial charge in [-0.3, -0.25) is 13.8 Å². The lowest BCUT2D eigenvalue weighted by molar-refractivity contribution is -0.274. The third-order valence-corrected chi connectivity index (χ3v) is 5.27. The highest BCUT2D eigenvalue weighted by atomic mass is 32.2. The van der Waals surface area contributed by atoms with Crippen molar-refractivity contribution in [2.45, 2.75) is 24.3 Å². The van der Waals surface area contributed by atoms with E-state index in [0.717, 1.165) is 31.2 Å². The molecule has 2 rings (SSSR count). The van der Waals surface area contributed by atoms with Gasteiger partial charge in [0.15, 0.2) is 0 Å². The number of thiophene rings is 1. The molecule has 0 radical (unpaired) electrons. The van der Waals surface area contributed by atoms with Crippen molar-refractivity contribution in [2.24, 2.45) is 5.73 Å². The summed E-state index contributed by atoms with van der Waals surface area (Å²) >= 11 is -2.30. The lowest BCUT2D eigenvalue weighted by Gasteiger charge is -2.11. The van der Waals surface area contributed by atoms with E-state index in [4.69, 9.17) is 5.73 Å². The molecule has 2 atom stereocenters. The van der Waals surface area contributed by atoms with Crippen LogP contribution in [0.5, 0.6) is 5.75 Å². The summed E-state index contributed by atoms with van der Waals surface area (Å²) < 4.78 is 63.8. The van der Waals surface area contributed by atoms with Crippen molar-refractivity contribution in [3.05, 3.63) is 29.8 Å². The molecule has 1 unspecified atom stereocenters. The van der Waals surface area contributed by atoms with Crippen LogP contribution in [-0.4, -0.2) is 38.1 Å². The van der Waals surface area contributed by atoms with Crippen LogP contribution >= 0.6 is 11.3 Å². The Morgan fingerprint density at radius 2 is 1.89 bits per heavy atom. The Kier molecular flexibility index (Phi) is 6.44. The molecule has 2 aromatic rings. The van der Waals surface area contributed by atoms with Crippen LogP contribution in [0.1, 0.15) is 17.3 Å². The lowest BCUT2D eigenvalue weighted by Crippen LogP contribution is -2.25. The molecule has 8 nitrogen and oxygen atoms in total. The molecule has 0 saturated heterocycles. The van der Waals surface area contributed by atoms with E-state index < -0.39 is 51.6 Å². The minimum absolute atomic E-state index is 0.0402. The van der Waals surface area contributed by atoms with Crippen molar-refractivity contribution in [3.63, 3.8) is 0 Å². The summed E-state index contributed by atoms with van der Waals surface area (Å²) in [6.07, 6.45) is -6.35. The minimum atomic E-state index is -4.90. The SMILES string of the molecule is C[C@H](O)C(=O)Nc1sc(-c2ccc(OC(F)(F)F)cc2)c(S(=O)[O-])c1C(N)=O. The van der Waals surface area contributed by atoms with Crippen molar-refractivity contribution in [1.82, 2.24) is 0 Å². The number of hydrogen-bond donors (Lipinski definition) is 3. The van der Waals surface area contributed by atoms with E-state index in [1.807, 2.05) is 0 Å². The topological polar surface area (TPSA) is 142 Å². The van der Waals surface area contributed by atoms with Gasteiger partial charge in [-0.25, -0.2) is 0 Å². The average molecular weight is 437 g/mol. The number of aliphatic hydroxyl groups is 1. The second-order valence-electron chi connectivity index (χ2n) is 5.30. The van der Waals surface area contributed by atoms with Gasteiger partial charge in [-0.05, 0) is 47.8 Å². The van der Waals surface area contributed by atoms with Gasteiger partial charge < -0.3 is 25.4 Å². The van der Waals surface area contributed by atoms with Crippen LogP contribution in [0.25, 0.3) is 10.4 Å². The summed E-state index contributed by atoms with van der Waals surface area (Å²) in [6.45, 7) is 1.15. The molecule has 1 aromatic heterocycles. The summed E-state index contributed by atoms with van der Waals surface area (Å²) in [5.74, 6) is -2.59. The van der Waals surface area contributed by atoms with E-state index in [1.165, 1.54) is 0 Å². The van der Waals surface area contributed by atoms with Crippen LogP contribution in [0.4, 0.5) is 18.2 Å². The summed E-state index contributed by atoms with van der Waals surface area (Å²) in [5, 5.41) is 11.3.